The van der Waals surface area contributed by atoms with Crippen LogP contribution in [0.4, 0.5) is 4.39 Å². The first kappa shape index (κ1) is 22.3. The molecule has 170 valence electrons. The number of halogens is 1. The van der Waals surface area contributed by atoms with Gasteiger partial charge in [-0.2, -0.15) is 0 Å². The van der Waals surface area contributed by atoms with Gasteiger partial charge >= 0.3 is 0 Å². The van der Waals surface area contributed by atoms with Crippen LogP contribution in [0, 0.1) is 5.82 Å². The Morgan fingerprint density at radius 3 is 2.81 bits per heavy atom. The van der Waals surface area contributed by atoms with Crippen molar-refractivity contribution in [3.8, 4) is 11.5 Å². The number of likely N-dealkylation sites (tertiary alicyclic amines) is 1. The second kappa shape index (κ2) is 10.6. The van der Waals surface area contributed by atoms with Crippen molar-refractivity contribution in [3.05, 3.63) is 78.6 Å². The van der Waals surface area contributed by atoms with Crippen LogP contribution in [-0.4, -0.2) is 51.5 Å². The van der Waals surface area contributed by atoms with E-state index in [9.17, 15) is 9.50 Å². The van der Waals surface area contributed by atoms with Crippen molar-refractivity contribution in [1.29, 1.82) is 0 Å². The van der Waals surface area contributed by atoms with Crippen molar-refractivity contribution in [1.82, 2.24) is 14.5 Å². The monoisotopic (exact) mass is 439 g/mol. The van der Waals surface area contributed by atoms with E-state index in [1.54, 1.807) is 30.7 Å². The molecular weight excluding hydrogens is 409 g/mol. The fourth-order valence-electron chi connectivity index (χ4n) is 3.99. The summed E-state index contributed by atoms with van der Waals surface area (Å²) in [6.07, 6.45) is 7.54. The van der Waals surface area contributed by atoms with Crippen molar-refractivity contribution in [2.45, 2.75) is 38.0 Å². The predicted octanol–water partition coefficient (Wildman–Crippen LogP) is 3.90. The third-order valence-corrected chi connectivity index (χ3v) is 5.82. The Labute approximate surface area is 188 Å². The van der Waals surface area contributed by atoms with E-state index in [4.69, 9.17) is 9.47 Å². The van der Waals surface area contributed by atoms with E-state index in [2.05, 4.69) is 22.0 Å². The van der Waals surface area contributed by atoms with Gasteiger partial charge in [-0.25, -0.2) is 9.37 Å². The van der Waals surface area contributed by atoms with Gasteiger partial charge in [0, 0.05) is 25.5 Å². The number of aromatic nitrogens is 2. The van der Waals surface area contributed by atoms with E-state index in [0.29, 0.717) is 19.4 Å². The highest BCUT2D eigenvalue weighted by molar-refractivity contribution is 5.28. The molecule has 2 aromatic carbocycles. The van der Waals surface area contributed by atoms with Crippen molar-refractivity contribution in [2.24, 2.45) is 0 Å². The average molecular weight is 440 g/mol. The first-order chi connectivity index (χ1) is 15.6. The third-order valence-electron chi connectivity index (χ3n) is 5.82. The smallest absolute Gasteiger partial charge is 0.165 e. The first-order valence-corrected chi connectivity index (χ1v) is 11.1. The van der Waals surface area contributed by atoms with Crippen LogP contribution in [0.3, 0.4) is 0 Å². The topological polar surface area (TPSA) is 59.8 Å². The number of nitrogens with zero attached hydrogens (tertiary/aromatic N) is 3. The second-order valence-corrected chi connectivity index (χ2v) is 8.37. The quantitative estimate of drug-likeness (QED) is 0.548. The Bertz CT molecular complexity index is 982. The van der Waals surface area contributed by atoms with Gasteiger partial charge in [-0.05, 0) is 55.6 Å². The molecule has 1 atom stereocenters. The highest BCUT2D eigenvalue weighted by atomic mass is 19.1. The summed E-state index contributed by atoms with van der Waals surface area (Å²) in [7, 11) is 0. The Kier molecular flexibility index (Phi) is 7.39. The van der Waals surface area contributed by atoms with Gasteiger partial charge in [0.15, 0.2) is 11.6 Å². The molecule has 0 amide bonds. The van der Waals surface area contributed by atoms with Gasteiger partial charge in [0.2, 0.25) is 0 Å². The lowest BCUT2D eigenvalue weighted by Gasteiger charge is -2.27. The summed E-state index contributed by atoms with van der Waals surface area (Å²) in [5, 5.41) is 11.0. The number of rotatable bonds is 9. The van der Waals surface area contributed by atoms with Gasteiger partial charge in [-0.3, -0.25) is 4.90 Å². The molecule has 7 heteroatoms. The van der Waals surface area contributed by atoms with E-state index < -0.39 is 11.4 Å². The van der Waals surface area contributed by atoms with Crippen LogP contribution in [-0.2, 0) is 13.1 Å². The van der Waals surface area contributed by atoms with Gasteiger partial charge < -0.3 is 19.1 Å². The largest absolute Gasteiger partial charge is 0.492 e. The van der Waals surface area contributed by atoms with E-state index in [-0.39, 0.29) is 12.4 Å². The minimum absolute atomic E-state index is 0.0992. The van der Waals surface area contributed by atoms with E-state index >= 15 is 0 Å². The zero-order chi connectivity index (χ0) is 22.2. The van der Waals surface area contributed by atoms with Crippen LogP contribution in [0.15, 0.2) is 67.3 Å². The maximum atomic E-state index is 13.8. The molecule has 32 heavy (non-hydrogen) atoms. The van der Waals surface area contributed by atoms with Gasteiger partial charge in [0.25, 0.3) is 0 Å². The van der Waals surface area contributed by atoms with E-state index in [0.717, 1.165) is 38.3 Å². The summed E-state index contributed by atoms with van der Waals surface area (Å²) < 4.78 is 27.3. The fraction of sp³-hybridized carbons (Fsp3) is 0.400. The number of benzene rings is 2. The lowest BCUT2D eigenvalue weighted by molar-refractivity contribution is -0.0177. The molecule has 1 aliphatic rings. The van der Waals surface area contributed by atoms with Crippen LogP contribution >= 0.6 is 0 Å². The SMILES string of the molecule is O[C@]1(COc2ccccc2F)CCCN(Cc2cccc(OCCn3ccnc3)c2)CC1. The molecule has 2 heterocycles. The maximum Gasteiger partial charge on any atom is 0.165 e. The molecule has 6 nitrogen and oxygen atoms in total. The molecule has 3 aromatic rings. The molecule has 4 rings (SSSR count). The van der Waals surface area contributed by atoms with Crippen LogP contribution in [0.25, 0.3) is 0 Å². The third kappa shape index (κ3) is 6.31. The molecule has 0 spiro atoms. The molecule has 0 unspecified atom stereocenters. The number of hydrogen-bond donors (Lipinski definition) is 1. The number of hydrogen-bond acceptors (Lipinski definition) is 5. The average Bonchev–Trinajstić information content (AvgIpc) is 3.24. The molecule has 0 radical (unpaired) electrons. The number of para-hydroxylation sites is 1. The lowest BCUT2D eigenvalue weighted by Crippen LogP contribution is -2.37. The van der Waals surface area contributed by atoms with Gasteiger partial charge in [-0.15, -0.1) is 0 Å². The molecule has 1 aromatic heterocycles. The van der Waals surface area contributed by atoms with E-state index in [1.165, 1.54) is 11.6 Å². The predicted molar refractivity (Wildman–Crippen MR) is 120 cm³/mol. The Morgan fingerprint density at radius 2 is 1.97 bits per heavy atom. The highest BCUT2D eigenvalue weighted by Crippen LogP contribution is 2.26. The maximum absolute atomic E-state index is 13.8. The normalized spacial score (nSPS) is 19.4. The fourth-order valence-corrected chi connectivity index (χ4v) is 3.99. The first-order valence-electron chi connectivity index (χ1n) is 11.1. The van der Waals surface area contributed by atoms with E-state index in [1.807, 2.05) is 22.9 Å². The zero-order valence-corrected chi connectivity index (χ0v) is 18.2. The second-order valence-electron chi connectivity index (χ2n) is 8.37. The minimum Gasteiger partial charge on any atom is -0.492 e. The standard InChI is InChI=1S/C25H30FN3O3/c26-23-7-1-2-8-24(23)32-19-25(30)9-4-12-28(13-10-25)18-21-5-3-6-22(17-21)31-16-15-29-14-11-27-20-29/h1-3,5-8,11,14,17,20,30H,4,9-10,12-13,15-16,18-19H2/t25-/m1/s1. The summed E-state index contributed by atoms with van der Waals surface area (Å²) in [5.41, 5.74) is 0.230. The van der Waals surface area contributed by atoms with Crippen LogP contribution < -0.4 is 9.47 Å². The lowest BCUT2D eigenvalue weighted by atomic mass is 9.96. The van der Waals surface area contributed by atoms with Crippen LogP contribution in [0.1, 0.15) is 24.8 Å². The molecule has 0 bridgehead atoms. The van der Waals surface area contributed by atoms with Crippen molar-refractivity contribution in [3.63, 3.8) is 0 Å². The van der Waals surface area contributed by atoms with Crippen molar-refractivity contribution >= 4 is 0 Å². The molecular formula is C25H30FN3O3. The number of imidazole rings is 1. The van der Waals surface area contributed by atoms with Gasteiger partial charge in [-0.1, -0.05) is 24.3 Å². The summed E-state index contributed by atoms with van der Waals surface area (Å²) in [6.45, 7) is 3.88. The van der Waals surface area contributed by atoms with Crippen LogP contribution in [0.5, 0.6) is 11.5 Å². The van der Waals surface area contributed by atoms with Gasteiger partial charge in [0.1, 0.15) is 19.0 Å². The van der Waals surface area contributed by atoms with Crippen molar-refractivity contribution < 1.29 is 19.0 Å². The summed E-state index contributed by atoms with van der Waals surface area (Å²) in [5.74, 6) is 0.637. The Balaban J connectivity index is 1.26. The number of aliphatic hydroxyl groups is 1. The summed E-state index contributed by atoms with van der Waals surface area (Å²) >= 11 is 0. The summed E-state index contributed by atoms with van der Waals surface area (Å²) in [4.78, 5) is 6.37. The highest BCUT2D eigenvalue weighted by Gasteiger charge is 2.31. The molecule has 1 N–H and O–H groups in total. The molecule has 0 aliphatic carbocycles. The molecule has 0 saturated carbocycles. The van der Waals surface area contributed by atoms with Gasteiger partial charge in [0.05, 0.1) is 18.5 Å². The summed E-state index contributed by atoms with van der Waals surface area (Å²) in [6, 6.07) is 14.5. The molecule has 1 saturated heterocycles. The molecule has 1 fully saturated rings. The van der Waals surface area contributed by atoms with Crippen molar-refractivity contribution in [2.75, 3.05) is 26.3 Å². The molecule has 1 aliphatic heterocycles. The Hall–Kier alpha value is -2.90. The Morgan fingerprint density at radius 1 is 1.06 bits per heavy atom. The van der Waals surface area contributed by atoms with Crippen LogP contribution in [0.2, 0.25) is 0 Å². The minimum atomic E-state index is -0.949. The number of ether oxygens (including phenoxy) is 2. The zero-order valence-electron chi connectivity index (χ0n) is 18.2.